The monoisotopic (exact) mass is 693 g/mol. The van der Waals surface area contributed by atoms with Gasteiger partial charge in [0, 0.05) is 20.3 Å². The summed E-state index contributed by atoms with van der Waals surface area (Å²) in [6.07, 6.45) is 0. The molecule has 0 saturated heterocycles. The van der Waals surface area contributed by atoms with Crippen molar-refractivity contribution >= 4 is 54.3 Å². The molecule has 1 heterocycles. The summed E-state index contributed by atoms with van der Waals surface area (Å²) in [7, 11) is 0. The van der Waals surface area contributed by atoms with Gasteiger partial charge in [0.1, 0.15) is 11.2 Å². The highest BCUT2D eigenvalue weighted by atomic mass is 16.3. The second-order valence-electron chi connectivity index (χ2n) is 12.1. The lowest BCUT2D eigenvalue weighted by atomic mass is 9.80. The SMILES string of the molecule is [2H]c1c([2H])c([2H])c(-c2c([2H])c([2H])c3c(c2[2H])C(C)(C([2H])([2H])[2H])c2c([2H])c(-c4c5c([2H])c([2H])c([2H])c([2H])c5c(-c5c([2H])c([2H])c6oc7c([2H])c8c([2H])c([2H])c([2H])c([2H])c8c([2H])c7c6c5[2H])c5c([2H])c([2H])c([2H])c([2H])c45)c([2H])c([2H])c2-3)c([2H])c1[2H]. The Balaban J connectivity index is 1.36. The first kappa shape index (κ1) is 12.1. The van der Waals surface area contributed by atoms with Gasteiger partial charge in [0.2, 0.25) is 0 Å². The van der Waals surface area contributed by atoms with Gasteiger partial charge >= 0.3 is 0 Å². The predicted octanol–water partition coefficient (Wildman–Crippen LogP) is 14.4. The van der Waals surface area contributed by atoms with E-state index in [-0.39, 0.29) is 0 Å². The van der Waals surface area contributed by atoms with Crippen molar-refractivity contribution in [3.63, 3.8) is 0 Å². The van der Waals surface area contributed by atoms with Crippen molar-refractivity contribution in [1.29, 1.82) is 0 Å². The van der Waals surface area contributed by atoms with Crippen molar-refractivity contribution in [2.45, 2.75) is 19.2 Å². The molecular formula is C51H34O. The largest absolute Gasteiger partial charge is 0.456 e. The summed E-state index contributed by atoms with van der Waals surface area (Å²) in [5.74, 6) is 0. The summed E-state index contributed by atoms with van der Waals surface area (Å²) in [6.45, 7) is -2.51. The normalized spacial score (nSPS) is 23.8. The number of hydrogen-bond acceptors (Lipinski definition) is 1. The molecule has 0 amide bonds. The molecule has 244 valence electrons. The number of benzene rings is 9. The van der Waals surface area contributed by atoms with Crippen LogP contribution in [0.15, 0.2) is 174 Å². The van der Waals surface area contributed by atoms with Crippen LogP contribution < -0.4 is 0 Å². The van der Waals surface area contributed by atoms with Gasteiger partial charge in [-0.3, -0.25) is 0 Å². The standard InChI is InChI=1S/C51H34O/c1-51(2)45-28-34(31-12-4-3-5-13-31)20-23-37(45)38-24-21-36(29-46(38)51)50-41-18-10-8-16-39(41)49(40-17-9-11-19-42(40)50)35-22-25-47-43(27-35)44-26-32-14-6-7-15-33(32)30-48(44)52-47/h3-30H,1-2H3/i1D3,3D,4D,5D,6D,7D,8D,9D,10D,11D,12D,13D,14D,15D,16D,17D,18D,19D,20D,21D,22D,23D,24D,25D,26D,27D,28D,29D,30D. The van der Waals surface area contributed by atoms with Crippen LogP contribution in [0.25, 0.3) is 98.8 Å². The van der Waals surface area contributed by atoms with Crippen LogP contribution in [0.4, 0.5) is 0 Å². The summed E-state index contributed by atoms with van der Waals surface area (Å²) < 4.78 is 289. The Kier molecular flexibility index (Phi) is 2.50. The van der Waals surface area contributed by atoms with Gasteiger partial charge in [-0.15, -0.1) is 0 Å². The van der Waals surface area contributed by atoms with Crippen molar-refractivity contribution in [3.8, 4) is 44.5 Å². The molecule has 0 radical (unpaired) electrons. The van der Waals surface area contributed by atoms with Gasteiger partial charge in [-0.05, 0) is 124 Å². The average Bonchev–Trinajstić information content (AvgIpc) is 2.28. The van der Waals surface area contributed by atoms with Crippen LogP contribution in [0.3, 0.4) is 0 Å². The lowest BCUT2D eigenvalue weighted by molar-refractivity contribution is 0.661. The van der Waals surface area contributed by atoms with E-state index in [4.69, 9.17) is 27.7 Å². The minimum atomic E-state index is -3.48. The van der Waals surface area contributed by atoms with E-state index in [1.54, 1.807) is 0 Å². The fourth-order valence-electron chi connectivity index (χ4n) is 6.80. The van der Waals surface area contributed by atoms with Gasteiger partial charge in [0.05, 0.1) is 38.4 Å². The molecule has 11 rings (SSSR count). The number of hydrogen-bond donors (Lipinski definition) is 0. The number of rotatable bonds is 3. The van der Waals surface area contributed by atoms with E-state index in [0.717, 1.165) is 6.92 Å². The smallest absolute Gasteiger partial charge is 0.136 e. The first-order chi connectivity index (χ1) is 38.5. The maximum absolute atomic E-state index is 10.2. The third-order valence-corrected chi connectivity index (χ3v) is 9.14. The second-order valence-corrected chi connectivity index (χ2v) is 12.1. The zero-order valence-corrected chi connectivity index (χ0v) is 26.4. The Hall–Kier alpha value is -6.44. The molecule has 1 heteroatoms. The van der Waals surface area contributed by atoms with E-state index < -0.39 is 291 Å². The summed E-state index contributed by atoms with van der Waals surface area (Å²) in [5.41, 5.74) is -11.7. The van der Waals surface area contributed by atoms with E-state index >= 15 is 0 Å². The fourth-order valence-corrected chi connectivity index (χ4v) is 6.80. The maximum Gasteiger partial charge on any atom is 0.136 e. The minimum absolute atomic E-state index is 0.469. The van der Waals surface area contributed by atoms with Crippen LogP contribution in [0.2, 0.25) is 0 Å². The van der Waals surface area contributed by atoms with Gasteiger partial charge in [-0.25, -0.2) is 0 Å². The minimum Gasteiger partial charge on any atom is -0.456 e. The molecule has 1 aliphatic rings. The highest BCUT2D eigenvalue weighted by Crippen LogP contribution is 2.52. The van der Waals surface area contributed by atoms with Gasteiger partial charge < -0.3 is 4.42 Å². The lowest BCUT2D eigenvalue weighted by Gasteiger charge is -2.23. The Labute approximate surface area is 346 Å². The zero-order valence-electron chi connectivity index (χ0n) is 57.4. The van der Waals surface area contributed by atoms with Crippen LogP contribution in [0, 0.1) is 0 Å². The predicted molar refractivity (Wildman–Crippen MR) is 220 cm³/mol. The highest BCUT2D eigenvalue weighted by Gasteiger charge is 2.36. The topological polar surface area (TPSA) is 13.1 Å². The van der Waals surface area contributed by atoms with E-state index in [1.165, 1.54) is 0 Å². The number of furan rings is 1. The van der Waals surface area contributed by atoms with Crippen molar-refractivity contribution in [2.24, 2.45) is 0 Å². The van der Waals surface area contributed by atoms with Gasteiger partial charge in [-0.1, -0.05) is 147 Å². The molecule has 0 fully saturated rings. The molecule has 1 aromatic heterocycles. The Morgan fingerprint density at radius 1 is 0.423 bits per heavy atom. The van der Waals surface area contributed by atoms with Crippen LogP contribution in [-0.2, 0) is 5.41 Å². The third-order valence-electron chi connectivity index (χ3n) is 9.14. The molecule has 0 bridgehead atoms. The third kappa shape index (κ3) is 4.17. The molecule has 9 aromatic carbocycles. The maximum atomic E-state index is 10.2. The van der Waals surface area contributed by atoms with E-state index in [9.17, 15) is 19.2 Å². The summed E-state index contributed by atoms with van der Waals surface area (Å²) in [6, 6.07) is -26.4. The van der Waals surface area contributed by atoms with Crippen LogP contribution in [0.1, 0.15) is 67.4 Å². The van der Waals surface area contributed by atoms with Gasteiger partial charge in [0.15, 0.2) is 0 Å². The molecule has 1 atom stereocenters. The molecule has 10 aromatic rings. The average molecular weight is 694 g/mol. The quantitative estimate of drug-likeness (QED) is 0.168. The zero-order chi connectivity index (χ0) is 61.4. The van der Waals surface area contributed by atoms with Crippen LogP contribution in [0.5, 0.6) is 0 Å². The van der Waals surface area contributed by atoms with Crippen molar-refractivity contribution in [2.75, 3.05) is 0 Å². The first-order valence-electron chi connectivity index (χ1n) is 31.2. The molecular weight excluding hydrogens is 629 g/mol. The molecule has 0 spiro atoms. The summed E-state index contributed by atoms with van der Waals surface area (Å²) in [5, 5.41) is -5.22. The second kappa shape index (κ2) is 10.8. The molecule has 0 aliphatic heterocycles. The summed E-state index contributed by atoms with van der Waals surface area (Å²) in [4.78, 5) is 0. The Morgan fingerprint density at radius 3 is 1.56 bits per heavy atom. The highest BCUT2D eigenvalue weighted by molar-refractivity contribution is 6.22. The van der Waals surface area contributed by atoms with Crippen molar-refractivity contribution < 1.29 is 46.9 Å². The van der Waals surface area contributed by atoms with Crippen molar-refractivity contribution in [3.05, 3.63) is 180 Å². The van der Waals surface area contributed by atoms with Gasteiger partial charge in [0.25, 0.3) is 0 Å². The molecule has 1 aliphatic carbocycles. The lowest BCUT2D eigenvalue weighted by Crippen LogP contribution is -2.15. The summed E-state index contributed by atoms with van der Waals surface area (Å²) >= 11 is 0. The van der Waals surface area contributed by atoms with E-state index in [1.807, 2.05) is 0 Å². The van der Waals surface area contributed by atoms with E-state index in [0.29, 0.717) is 0 Å². The van der Waals surface area contributed by atoms with Crippen molar-refractivity contribution in [1.82, 2.24) is 0 Å². The van der Waals surface area contributed by atoms with E-state index in [2.05, 4.69) is 0 Å². The van der Waals surface area contributed by atoms with Crippen LogP contribution in [-0.4, -0.2) is 0 Å². The molecule has 1 nitrogen and oxygen atoms in total. The van der Waals surface area contributed by atoms with Gasteiger partial charge in [-0.2, -0.15) is 0 Å². The molecule has 0 N–H and O–H groups in total. The molecule has 1 unspecified atom stereocenters. The Morgan fingerprint density at radius 2 is 0.923 bits per heavy atom. The first-order valence-corrected chi connectivity index (χ1v) is 15.7. The fraction of sp³-hybridized carbons (Fsp3) is 0.0588. The molecule has 52 heavy (non-hydrogen) atoms. The number of fused-ring (bicyclic) bond motifs is 9. The molecule has 0 saturated carbocycles. The Bertz CT molecular complexity index is 4710. The van der Waals surface area contributed by atoms with Crippen LogP contribution >= 0.6 is 0 Å².